The van der Waals surface area contributed by atoms with Crippen molar-refractivity contribution in [3.05, 3.63) is 95.3 Å². The zero-order chi connectivity index (χ0) is 16.8. The van der Waals surface area contributed by atoms with Crippen LogP contribution >= 0.6 is 0 Å². The molecule has 0 aliphatic heterocycles. The standard InChI is InChI=1S/C22H12N2O.Y/c25-22-18-12-6-7-13-19(18)23-21-17-11-5-4-10-16(17)14-20(24(21)22)15-8-2-1-3-9-15;/h1-8,10-13H;/q-2;. The van der Waals surface area contributed by atoms with Crippen LogP contribution in [0.4, 0.5) is 0 Å². The summed E-state index contributed by atoms with van der Waals surface area (Å²) in [5.41, 5.74) is 2.75. The largest absolute Gasteiger partial charge is 0.328 e. The second kappa shape index (κ2) is 6.75. The van der Waals surface area contributed by atoms with Crippen molar-refractivity contribution in [2.24, 2.45) is 0 Å². The predicted molar refractivity (Wildman–Crippen MR) is 99.6 cm³/mol. The minimum absolute atomic E-state index is 0. The van der Waals surface area contributed by atoms with Crippen LogP contribution in [-0.4, -0.2) is 9.38 Å². The number of hydrogen-bond donors (Lipinski definition) is 0. The fraction of sp³-hybridized carbons (Fsp3) is 0. The first-order chi connectivity index (χ1) is 12.3. The summed E-state index contributed by atoms with van der Waals surface area (Å²) in [7, 11) is 0. The minimum atomic E-state index is -0.0881. The maximum atomic E-state index is 13.2. The van der Waals surface area contributed by atoms with Gasteiger partial charge in [-0.15, -0.1) is 29.3 Å². The molecule has 3 aromatic carbocycles. The predicted octanol–water partition coefficient (Wildman–Crippen LogP) is 4.27. The summed E-state index contributed by atoms with van der Waals surface area (Å²) >= 11 is 0. The summed E-state index contributed by atoms with van der Waals surface area (Å²) in [5.74, 6) is 0. The smallest absolute Gasteiger partial charge is 0.255 e. The Morgan fingerprint density at radius 1 is 0.846 bits per heavy atom. The van der Waals surface area contributed by atoms with Crippen LogP contribution in [0.2, 0.25) is 0 Å². The van der Waals surface area contributed by atoms with E-state index in [1.165, 1.54) is 0 Å². The second-order valence-corrected chi connectivity index (χ2v) is 5.89. The van der Waals surface area contributed by atoms with Gasteiger partial charge in [-0.2, -0.15) is 30.3 Å². The number of aromatic nitrogens is 2. The van der Waals surface area contributed by atoms with E-state index in [-0.39, 0.29) is 38.3 Å². The molecule has 0 amide bonds. The van der Waals surface area contributed by atoms with E-state index in [1.807, 2.05) is 72.8 Å². The van der Waals surface area contributed by atoms with Gasteiger partial charge in [-0.3, -0.25) is 4.79 Å². The topological polar surface area (TPSA) is 34.4 Å². The molecule has 3 nitrogen and oxygen atoms in total. The van der Waals surface area contributed by atoms with E-state index >= 15 is 0 Å². The minimum Gasteiger partial charge on any atom is -0.328 e. The SMILES string of the molecule is O=c1c2ccccc2nc2c3ccccc3[c-]c(-c3[c-]cccc3)n12.[Y]. The first-order valence-electron chi connectivity index (χ1n) is 8.05. The van der Waals surface area contributed by atoms with Crippen LogP contribution in [0.5, 0.6) is 0 Å². The van der Waals surface area contributed by atoms with Gasteiger partial charge in [0.1, 0.15) is 0 Å². The number of fused-ring (bicyclic) bond motifs is 4. The molecule has 0 aliphatic rings. The Kier molecular flexibility index (Phi) is 4.43. The van der Waals surface area contributed by atoms with Crippen LogP contribution in [0.15, 0.2) is 77.6 Å². The van der Waals surface area contributed by atoms with Gasteiger partial charge in [0.05, 0.1) is 16.6 Å². The van der Waals surface area contributed by atoms with E-state index in [0.717, 1.165) is 16.3 Å². The van der Waals surface area contributed by atoms with Crippen LogP contribution < -0.4 is 5.56 Å². The fourth-order valence-corrected chi connectivity index (χ4v) is 3.22. The Hall–Kier alpha value is -2.36. The molecule has 2 aromatic heterocycles. The average molecular weight is 409 g/mol. The molecule has 0 aliphatic carbocycles. The summed E-state index contributed by atoms with van der Waals surface area (Å²) in [6, 6.07) is 29.5. The zero-order valence-corrected chi connectivity index (χ0v) is 16.6. The molecule has 4 heteroatoms. The molecule has 121 valence electrons. The molecule has 0 unspecified atom stereocenters. The second-order valence-electron chi connectivity index (χ2n) is 5.89. The van der Waals surface area contributed by atoms with Crippen molar-refractivity contribution < 1.29 is 32.7 Å². The van der Waals surface area contributed by atoms with E-state index in [1.54, 1.807) is 4.40 Å². The molecule has 0 fully saturated rings. The van der Waals surface area contributed by atoms with Crippen molar-refractivity contribution in [1.29, 1.82) is 0 Å². The molecule has 5 aromatic rings. The molecule has 0 saturated carbocycles. The molecule has 0 atom stereocenters. The Labute approximate surface area is 175 Å². The number of benzene rings is 3. The molecule has 26 heavy (non-hydrogen) atoms. The van der Waals surface area contributed by atoms with Crippen LogP contribution in [0, 0.1) is 12.1 Å². The third-order valence-electron chi connectivity index (χ3n) is 4.38. The van der Waals surface area contributed by atoms with Crippen molar-refractivity contribution in [1.82, 2.24) is 9.38 Å². The maximum absolute atomic E-state index is 13.2. The molecule has 2 heterocycles. The monoisotopic (exact) mass is 409 g/mol. The fourth-order valence-electron chi connectivity index (χ4n) is 3.22. The summed E-state index contributed by atoms with van der Waals surface area (Å²) in [6.45, 7) is 0. The van der Waals surface area contributed by atoms with Gasteiger partial charge in [-0.1, -0.05) is 29.7 Å². The normalized spacial score (nSPS) is 10.9. The molecule has 0 N–H and O–H groups in total. The van der Waals surface area contributed by atoms with E-state index in [0.29, 0.717) is 22.2 Å². The summed E-state index contributed by atoms with van der Waals surface area (Å²) in [4.78, 5) is 18.0. The first kappa shape index (κ1) is 17.1. The molecule has 5 rings (SSSR count). The molecule has 1 radical (unpaired) electrons. The van der Waals surface area contributed by atoms with Crippen molar-refractivity contribution in [3.63, 3.8) is 0 Å². The van der Waals surface area contributed by atoms with E-state index in [4.69, 9.17) is 4.98 Å². The van der Waals surface area contributed by atoms with Crippen LogP contribution in [0.25, 0.3) is 38.6 Å². The number of rotatable bonds is 1. The van der Waals surface area contributed by atoms with Crippen LogP contribution in [-0.2, 0) is 32.7 Å². The molecular formula is C22H12N2OY-2. The third-order valence-corrected chi connectivity index (χ3v) is 4.38. The van der Waals surface area contributed by atoms with E-state index in [2.05, 4.69) is 12.1 Å². The van der Waals surface area contributed by atoms with Gasteiger partial charge in [0, 0.05) is 32.7 Å². The van der Waals surface area contributed by atoms with Gasteiger partial charge in [0.25, 0.3) is 5.56 Å². The van der Waals surface area contributed by atoms with Gasteiger partial charge in [0.2, 0.25) is 0 Å². The van der Waals surface area contributed by atoms with Gasteiger partial charge in [0.15, 0.2) is 0 Å². The van der Waals surface area contributed by atoms with Crippen molar-refractivity contribution in [2.75, 3.05) is 0 Å². The van der Waals surface area contributed by atoms with Crippen molar-refractivity contribution in [2.45, 2.75) is 0 Å². The number of pyridine rings is 1. The van der Waals surface area contributed by atoms with Crippen LogP contribution in [0.1, 0.15) is 0 Å². The third kappa shape index (κ3) is 2.59. The Morgan fingerprint density at radius 2 is 1.58 bits per heavy atom. The molecule has 0 bridgehead atoms. The number of nitrogens with zero attached hydrogens (tertiary/aromatic N) is 2. The Bertz CT molecular complexity index is 1310. The average Bonchev–Trinajstić information content (AvgIpc) is 2.68. The van der Waals surface area contributed by atoms with Gasteiger partial charge in [-0.05, 0) is 12.1 Å². The molecule has 0 spiro atoms. The molecule has 0 saturated heterocycles. The summed E-state index contributed by atoms with van der Waals surface area (Å²) in [5, 5.41) is 2.43. The molecular weight excluding hydrogens is 397 g/mol. The first-order valence-corrected chi connectivity index (χ1v) is 8.05. The quantitative estimate of drug-likeness (QED) is 0.236. The summed E-state index contributed by atoms with van der Waals surface area (Å²) < 4.78 is 1.65. The van der Waals surface area contributed by atoms with E-state index in [9.17, 15) is 4.79 Å². The van der Waals surface area contributed by atoms with Crippen molar-refractivity contribution in [3.8, 4) is 11.3 Å². The zero-order valence-electron chi connectivity index (χ0n) is 13.8. The van der Waals surface area contributed by atoms with Gasteiger partial charge in [-0.25, -0.2) is 10.5 Å². The van der Waals surface area contributed by atoms with Crippen molar-refractivity contribution >= 4 is 27.3 Å². The van der Waals surface area contributed by atoms with E-state index < -0.39 is 0 Å². The maximum Gasteiger partial charge on any atom is 0.255 e. The Balaban J connectivity index is 0.00000168. The number of hydrogen-bond acceptors (Lipinski definition) is 2. The summed E-state index contributed by atoms with van der Waals surface area (Å²) in [6.07, 6.45) is 0. The van der Waals surface area contributed by atoms with Gasteiger partial charge >= 0.3 is 0 Å². The number of para-hydroxylation sites is 1. The Morgan fingerprint density at radius 3 is 2.38 bits per heavy atom. The van der Waals surface area contributed by atoms with Gasteiger partial charge < -0.3 is 4.40 Å². The van der Waals surface area contributed by atoms with Crippen LogP contribution in [0.3, 0.4) is 0 Å².